The van der Waals surface area contributed by atoms with E-state index >= 15 is 0 Å². The van der Waals surface area contributed by atoms with Gasteiger partial charge in [-0.15, -0.1) is 10.2 Å². The molecule has 1 N–H and O–H groups in total. The van der Waals surface area contributed by atoms with E-state index in [-0.39, 0.29) is 11.7 Å². The SMILES string of the molecule is CC(=O)c1ccccc1NC(=O)[C@H](C)Sc1nnc(-c2ccccc2C)n1C. The lowest BCUT2D eigenvalue weighted by Crippen LogP contribution is -2.23. The quantitative estimate of drug-likeness (QED) is 0.503. The van der Waals surface area contributed by atoms with Gasteiger partial charge in [0.15, 0.2) is 16.8 Å². The predicted octanol–water partition coefficient (Wildman–Crippen LogP) is 4.11. The number of rotatable bonds is 6. The third-order valence-corrected chi connectivity index (χ3v) is 5.57. The van der Waals surface area contributed by atoms with Crippen molar-refractivity contribution in [2.45, 2.75) is 31.2 Å². The van der Waals surface area contributed by atoms with Crippen molar-refractivity contribution in [3.05, 3.63) is 59.7 Å². The molecule has 144 valence electrons. The third kappa shape index (κ3) is 4.14. The Bertz CT molecular complexity index is 1030. The smallest absolute Gasteiger partial charge is 0.237 e. The van der Waals surface area contributed by atoms with Crippen LogP contribution in [0.15, 0.2) is 53.7 Å². The van der Waals surface area contributed by atoms with Gasteiger partial charge in [-0.05, 0) is 38.5 Å². The summed E-state index contributed by atoms with van der Waals surface area (Å²) in [6.45, 7) is 5.31. The zero-order valence-electron chi connectivity index (χ0n) is 16.3. The normalized spacial score (nSPS) is 11.9. The van der Waals surface area contributed by atoms with E-state index < -0.39 is 5.25 Å². The monoisotopic (exact) mass is 394 g/mol. The van der Waals surface area contributed by atoms with Crippen molar-refractivity contribution < 1.29 is 9.59 Å². The number of aromatic nitrogens is 3. The fourth-order valence-corrected chi connectivity index (χ4v) is 3.64. The number of hydrogen-bond acceptors (Lipinski definition) is 5. The number of hydrogen-bond donors (Lipinski definition) is 1. The number of aryl methyl sites for hydroxylation is 1. The van der Waals surface area contributed by atoms with Crippen molar-refractivity contribution in [3.8, 4) is 11.4 Å². The van der Waals surface area contributed by atoms with Crippen molar-refractivity contribution >= 4 is 29.1 Å². The number of nitrogens with zero attached hydrogens (tertiary/aromatic N) is 3. The molecule has 0 fully saturated rings. The van der Waals surface area contributed by atoms with Gasteiger partial charge >= 0.3 is 0 Å². The van der Waals surface area contributed by atoms with E-state index in [1.165, 1.54) is 18.7 Å². The molecule has 7 heteroatoms. The highest BCUT2D eigenvalue weighted by Gasteiger charge is 2.21. The van der Waals surface area contributed by atoms with Gasteiger partial charge < -0.3 is 9.88 Å². The first-order valence-electron chi connectivity index (χ1n) is 8.91. The average Bonchev–Trinajstić information content (AvgIpc) is 3.02. The van der Waals surface area contributed by atoms with E-state index in [1.807, 2.05) is 42.8 Å². The summed E-state index contributed by atoms with van der Waals surface area (Å²) in [4.78, 5) is 24.4. The molecule has 0 saturated carbocycles. The largest absolute Gasteiger partial charge is 0.324 e. The highest BCUT2D eigenvalue weighted by atomic mass is 32.2. The number of benzene rings is 2. The molecule has 0 radical (unpaired) electrons. The zero-order chi connectivity index (χ0) is 20.3. The van der Waals surface area contributed by atoms with Gasteiger partial charge in [-0.2, -0.15) is 0 Å². The van der Waals surface area contributed by atoms with E-state index in [1.54, 1.807) is 31.2 Å². The topological polar surface area (TPSA) is 76.9 Å². The Kier molecular flexibility index (Phi) is 5.94. The first kappa shape index (κ1) is 19.8. The molecule has 0 aliphatic carbocycles. The highest BCUT2D eigenvalue weighted by molar-refractivity contribution is 8.00. The Morgan fingerprint density at radius 3 is 2.46 bits per heavy atom. The number of carbonyl (C=O) groups excluding carboxylic acids is 2. The minimum atomic E-state index is -0.410. The van der Waals surface area contributed by atoms with E-state index in [9.17, 15) is 9.59 Å². The van der Waals surface area contributed by atoms with E-state index in [0.29, 0.717) is 16.4 Å². The van der Waals surface area contributed by atoms with Gasteiger partial charge in [0.05, 0.1) is 10.9 Å². The number of ketones is 1. The van der Waals surface area contributed by atoms with Gasteiger partial charge in [-0.1, -0.05) is 48.2 Å². The van der Waals surface area contributed by atoms with Gasteiger partial charge in [-0.3, -0.25) is 9.59 Å². The van der Waals surface area contributed by atoms with Crippen LogP contribution in [0.25, 0.3) is 11.4 Å². The number of Topliss-reactive ketones (excluding diaryl/α,β-unsaturated/α-hetero) is 1. The van der Waals surface area contributed by atoms with Crippen LogP contribution in [-0.2, 0) is 11.8 Å². The molecule has 28 heavy (non-hydrogen) atoms. The van der Waals surface area contributed by atoms with Gasteiger partial charge in [0.25, 0.3) is 0 Å². The summed E-state index contributed by atoms with van der Waals surface area (Å²) in [6, 6.07) is 15.0. The summed E-state index contributed by atoms with van der Waals surface area (Å²) in [7, 11) is 1.89. The van der Waals surface area contributed by atoms with Crippen LogP contribution in [-0.4, -0.2) is 31.7 Å². The number of carbonyl (C=O) groups is 2. The Labute approximate surface area is 168 Å². The molecular weight excluding hydrogens is 372 g/mol. The summed E-state index contributed by atoms with van der Waals surface area (Å²) in [5.74, 6) is 0.474. The average molecular weight is 395 g/mol. The standard InChI is InChI=1S/C21H22N4O2S/c1-13-9-5-6-10-16(13)19-23-24-21(25(19)4)28-15(3)20(27)22-18-12-8-7-11-17(18)14(2)26/h5-12,15H,1-4H3,(H,22,27)/t15-/m0/s1. The van der Waals surface area contributed by atoms with E-state index in [0.717, 1.165) is 17.0 Å². The lowest BCUT2D eigenvalue weighted by molar-refractivity contribution is -0.115. The van der Waals surface area contributed by atoms with Crippen molar-refractivity contribution in [1.82, 2.24) is 14.8 Å². The fraction of sp³-hybridized carbons (Fsp3) is 0.238. The molecule has 0 unspecified atom stereocenters. The van der Waals surface area contributed by atoms with Crippen LogP contribution >= 0.6 is 11.8 Å². The lowest BCUT2D eigenvalue weighted by atomic mass is 10.1. The molecule has 0 spiro atoms. The highest BCUT2D eigenvalue weighted by Crippen LogP contribution is 2.28. The second-order valence-corrected chi connectivity index (χ2v) is 7.84. The molecule has 1 amide bonds. The molecule has 6 nitrogen and oxygen atoms in total. The summed E-state index contributed by atoms with van der Waals surface area (Å²) in [6.07, 6.45) is 0. The Balaban J connectivity index is 1.75. The molecule has 0 bridgehead atoms. The molecule has 0 aliphatic rings. The molecule has 3 aromatic rings. The maximum absolute atomic E-state index is 12.6. The summed E-state index contributed by atoms with van der Waals surface area (Å²) >= 11 is 1.33. The number of nitrogens with one attached hydrogen (secondary N) is 1. The van der Waals surface area contributed by atoms with Crippen molar-refractivity contribution in [3.63, 3.8) is 0 Å². The summed E-state index contributed by atoms with van der Waals surface area (Å²) in [5.41, 5.74) is 3.14. The molecular formula is C21H22N4O2S. The van der Waals surface area contributed by atoms with Crippen LogP contribution in [0.2, 0.25) is 0 Å². The van der Waals surface area contributed by atoms with Crippen LogP contribution in [0.1, 0.15) is 29.8 Å². The first-order valence-corrected chi connectivity index (χ1v) is 9.79. The number of para-hydroxylation sites is 1. The molecule has 1 heterocycles. The molecule has 0 saturated heterocycles. The van der Waals surface area contributed by atoms with Gasteiger partial charge in [0.1, 0.15) is 0 Å². The van der Waals surface area contributed by atoms with Crippen molar-refractivity contribution in [2.75, 3.05) is 5.32 Å². The van der Waals surface area contributed by atoms with Gasteiger partial charge in [0.2, 0.25) is 5.91 Å². The van der Waals surface area contributed by atoms with Crippen molar-refractivity contribution in [1.29, 1.82) is 0 Å². The van der Waals surface area contributed by atoms with E-state index in [2.05, 4.69) is 15.5 Å². The first-order chi connectivity index (χ1) is 13.4. The number of amides is 1. The summed E-state index contributed by atoms with van der Waals surface area (Å²) < 4.78 is 1.89. The van der Waals surface area contributed by atoms with Crippen LogP contribution in [0.5, 0.6) is 0 Å². The minimum absolute atomic E-state index is 0.0904. The third-order valence-electron chi connectivity index (χ3n) is 4.44. The van der Waals surface area contributed by atoms with Crippen LogP contribution in [0, 0.1) is 6.92 Å². The zero-order valence-corrected chi connectivity index (χ0v) is 17.1. The Morgan fingerprint density at radius 1 is 1.07 bits per heavy atom. The van der Waals surface area contributed by atoms with Gasteiger partial charge in [0, 0.05) is 18.2 Å². The van der Waals surface area contributed by atoms with Crippen LogP contribution < -0.4 is 5.32 Å². The van der Waals surface area contributed by atoms with Crippen molar-refractivity contribution in [2.24, 2.45) is 7.05 Å². The minimum Gasteiger partial charge on any atom is -0.324 e. The van der Waals surface area contributed by atoms with Crippen LogP contribution in [0.4, 0.5) is 5.69 Å². The molecule has 1 aromatic heterocycles. The second kappa shape index (κ2) is 8.39. The van der Waals surface area contributed by atoms with E-state index in [4.69, 9.17) is 0 Å². The maximum Gasteiger partial charge on any atom is 0.237 e. The predicted molar refractivity (Wildman–Crippen MR) is 112 cm³/mol. The number of thioether (sulfide) groups is 1. The second-order valence-electron chi connectivity index (χ2n) is 6.53. The fourth-order valence-electron chi connectivity index (χ4n) is 2.82. The number of anilines is 1. The Morgan fingerprint density at radius 2 is 1.75 bits per heavy atom. The lowest BCUT2D eigenvalue weighted by Gasteiger charge is -2.13. The van der Waals surface area contributed by atoms with Crippen LogP contribution in [0.3, 0.4) is 0 Å². The molecule has 2 aromatic carbocycles. The molecule has 1 atom stereocenters. The summed E-state index contributed by atoms with van der Waals surface area (Å²) in [5, 5.41) is 11.6. The maximum atomic E-state index is 12.6. The molecule has 3 rings (SSSR count). The molecule has 0 aliphatic heterocycles. The van der Waals surface area contributed by atoms with Gasteiger partial charge in [-0.25, -0.2) is 0 Å². The Hall–Kier alpha value is -2.93.